The molecule has 1 rings (SSSR count). The zero-order valence-electron chi connectivity index (χ0n) is 38.2. The number of nitrogens with one attached hydrogen (secondary N) is 1. The average Bonchev–Trinajstić information content (AvgIpc) is 3.26. The third-order valence-electron chi connectivity index (χ3n) is 9.22. The second kappa shape index (κ2) is 37.9. The van der Waals surface area contributed by atoms with Crippen LogP contribution in [-0.4, -0.2) is 120 Å². The molecule has 4 unspecified atom stereocenters. The quantitative estimate of drug-likeness (QED) is 0.0104. The second-order valence-corrected chi connectivity index (χ2v) is 19.2. The van der Waals surface area contributed by atoms with Gasteiger partial charge in [0, 0.05) is 78.9 Å². The minimum Gasteiger partial charge on any atom is -0.457 e. The van der Waals surface area contributed by atoms with Crippen molar-refractivity contribution in [2.75, 3.05) is 26.2 Å². The number of hydrogen-bond acceptors (Lipinski definition) is 14. The number of hydrogen-bond donors (Lipinski definition) is 10. The van der Waals surface area contributed by atoms with E-state index in [2.05, 4.69) is 93.9 Å². The van der Waals surface area contributed by atoms with Gasteiger partial charge in [-0.15, -0.1) is 6.42 Å². The molecule has 0 heterocycles. The van der Waals surface area contributed by atoms with Gasteiger partial charge in [0.05, 0.1) is 25.5 Å². The fourth-order valence-electron chi connectivity index (χ4n) is 6.13. The van der Waals surface area contributed by atoms with Crippen molar-refractivity contribution in [3.8, 4) is 83.5 Å². The lowest BCUT2D eigenvalue weighted by Gasteiger charge is -2.45. The Hall–Kier alpha value is -3.97. The number of phosphoric acid groups is 2. The number of aliphatic hydroxyl groups excluding tert-OH is 4. The number of unbranched alkanes of at least 4 members (excludes halogenated alkanes) is 12. The van der Waals surface area contributed by atoms with Crippen LogP contribution in [0.4, 0.5) is 0 Å². The zero-order chi connectivity index (χ0) is 51.3. The van der Waals surface area contributed by atoms with E-state index in [1.54, 1.807) is 0 Å². The molecule has 0 aliphatic heterocycles. The van der Waals surface area contributed by atoms with Crippen molar-refractivity contribution in [1.82, 2.24) is 5.32 Å². The van der Waals surface area contributed by atoms with E-state index in [4.69, 9.17) is 30.1 Å². The summed E-state index contributed by atoms with van der Waals surface area (Å²) in [7, 11) is -15.8. The van der Waals surface area contributed by atoms with Crippen LogP contribution in [-0.2, 0) is 46.3 Å². The molecule has 0 radical (unpaired) electrons. The van der Waals surface area contributed by atoms with Crippen LogP contribution >= 0.6 is 23.2 Å². The molecule has 1 fully saturated rings. The number of terminal acetylenes is 1. The first-order chi connectivity index (χ1) is 32.2. The molecule has 68 heavy (non-hydrogen) atoms. The monoisotopic (exact) mass is 1040 g/mol. The molecular formula is C45H90NO19P3. The van der Waals surface area contributed by atoms with Gasteiger partial charge in [-0.3, -0.25) is 33.0 Å². The first-order valence-electron chi connectivity index (χ1n) is 21.8. The molecule has 8 atom stereocenters. The number of esters is 1. The number of carbonyl (C=O) groups is 2. The van der Waals surface area contributed by atoms with Crippen molar-refractivity contribution in [1.29, 1.82) is 0 Å². The van der Waals surface area contributed by atoms with Gasteiger partial charge in [0.15, 0.2) is 0 Å². The summed E-state index contributed by atoms with van der Waals surface area (Å²) in [6, 6.07) is 2.42. The number of rotatable bonds is 29. The highest BCUT2D eigenvalue weighted by Gasteiger charge is 2.55. The fraction of sp³-hybridized carbons (Fsp3) is 0.644. The van der Waals surface area contributed by atoms with Crippen LogP contribution in [0.15, 0.2) is 0 Å². The Morgan fingerprint density at radius 1 is 0.632 bits per heavy atom. The van der Waals surface area contributed by atoms with Gasteiger partial charge >= 0.3 is 29.2 Å². The van der Waals surface area contributed by atoms with Gasteiger partial charge in [0.25, 0.3) is 0 Å². The molecule has 0 spiro atoms. The molecule has 1 amide bonds. The standard InChI is InChI=1S/C27H55O18P3.C18H9NO.13H2/c1-2-3-4-5-6-7-8-9-10-11-12-13-14-15-22(29)43-20(16-41-19-28)17-42-48(39,40)45-27-24(31)23(30)21(18-46(33,34)35)26(25(27)32)44-47(36,37)38;1-3-5-6-7-8-9-10-11-12-13-14-15-17-19-18(20)16-4-2;;;;;;;;;;;;;/h20-21,23-28,30-32H,2-19H2,1H3,(H,39,40)(H2,33,34,35)(H2,36,37,38);1H,4,16H2,2H3,(H,19,20);13*1H/t20-,21-,23?,24+,25?,26-,27?;;;;;;;;;;;;;;/m1............../s1. The van der Waals surface area contributed by atoms with Gasteiger partial charge in [-0.05, 0) is 48.4 Å². The van der Waals surface area contributed by atoms with Crippen LogP contribution in [0.2, 0.25) is 0 Å². The van der Waals surface area contributed by atoms with E-state index in [-0.39, 0.29) is 30.9 Å². The van der Waals surface area contributed by atoms with Crippen LogP contribution in [0, 0.1) is 89.4 Å². The summed E-state index contributed by atoms with van der Waals surface area (Å²) in [6.45, 7) is 2.02. The normalized spacial score (nSPS) is 19.6. The Morgan fingerprint density at radius 3 is 1.60 bits per heavy atom. The Kier molecular flexibility index (Phi) is 35.7. The summed E-state index contributed by atoms with van der Waals surface area (Å²) in [6.07, 6.45) is 6.47. The molecule has 0 aromatic carbocycles. The third-order valence-corrected chi connectivity index (χ3v) is 11.6. The maximum Gasteiger partial charge on any atom is 0.472 e. The SMILES string of the molecule is C#CC#CC#CC#CC#CC#CC#CNC(=O)CCC.CCCCCCCCCCCCCCCC(=O)O[C@H](COCO)COP(=O)(O)OC1C(O)[C@H](OP(=O)(O)O)[C@H](CP(=O)(O)O)C(O)[C@@H]1O.[HH].[HH].[HH].[HH].[HH].[HH].[HH].[HH].[HH].[HH].[HH].[HH].[HH]. The van der Waals surface area contributed by atoms with Crippen LogP contribution in [0.3, 0.4) is 0 Å². The Morgan fingerprint density at radius 2 is 1.13 bits per heavy atom. The van der Waals surface area contributed by atoms with Gasteiger partial charge in [-0.2, -0.15) is 0 Å². The van der Waals surface area contributed by atoms with Crippen molar-refractivity contribution in [3.63, 3.8) is 0 Å². The highest BCUT2D eigenvalue weighted by atomic mass is 31.2. The zero-order valence-corrected chi connectivity index (χ0v) is 40.9. The second-order valence-electron chi connectivity index (χ2n) is 14.9. The van der Waals surface area contributed by atoms with Gasteiger partial charge in [0.2, 0.25) is 5.91 Å². The molecule has 1 saturated carbocycles. The maximum absolute atomic E-state index is 12.7. The predicted octanol–water partition coefficient (Wildman–Crippen LogP) is 5.93. The minimum atomic E-state index is -5.48. The third kappa shape index (κ3) is 34.3. The Balaban J connectivity index is -0.0000000986. The van der Waals surface area contributed by atoms with Crippen molar-refractivity contribution in [3.05, 3.63) is 0 Å². The summed E-state index contributed by atoms with van der Waals surface area (Å²) in [4.78, 5) is 70.7. The van der Waals surface area contributed by atoms with Gasteiger partial charge in [-0.25, -0.2) is 9.13 Å². The molecule has 0 saturated heterocycles. The number of phosphoric ester groups is 2. The number of amides is 1. The minimum absolute atomic E-state index is 0. The van der Waals surface area contributed by atoms with Crippen molar-refractivity contribution < 1.29 is 110 Å². The molecular weight excluding hydrogens is 951 g/mol. The summed E-state index contributed by atoms with van der Waals surface area (Å²) in [5.41, 5.74) is 0. The topological polar surface area (TPSA) is 326 Å². The van der Waals surface area contributed by atoms with E-state index in [0.29, 0.717) is 12.8 Å². The highest BCUT2D eigenvalue weighted by Crippen LogP contribution is 2.51. The number of ether oxygens (including phenoxy) is 2. The molecule has 0 bridgehead atoms. The number of carbonyl (C=O) groups excluding carboxylic acids is 2. The fourth-order valence-corrected chi connectivity index (χ4v) is 8.67. The Bertz CT molecular complexity index is 2150. The summed E-state index contributed by atoms with van der Waals surface area (Å²) >= 11 is 0. The van der Waals surface area contributed by atoms with E-state index in [9.17, 15) is 63.1 Å². The molecule has 0 aromatic heterocycles. The van der Waals surface area contributed by atoms with Gasteiger partial charge in [-0.1, -0.05) is 90.9 Å². The van der Waals surface area contributed by atoms with Crippen LogP contribution in [0.1, 0.15) is 135 Å². The largest absolute Gasteiger partial charge is 0.472 e. The molecule has 23 heteroatoms. The smallest absolute Gasteiger partial charge is 0.457 e. The van der Waals surface area contributed by atoms with Crippen molar-refractivity contribution in [2.24, 2.45) is 5.92 Å². The van der Waals surface area contributed by atoms with Crippen LogP contribution in [0.25, 0.3) is 0 Å². The van der Waals surface area contributed by atoms with E-state index in [1.807, 2.05) is 6.92 Å². The summed E-state index contributed by atoms with van der Waals surface area (Å²) in [5.74, 6) is 26.2. The summed E-state index contributed by atoms with van der Waals surface area (Å²) in [5, 5.41) is 42.9. The lowest BCUT2D eigenvalue weighted by Crippen LogP contribution is -2.62. The average molecular weight is 1040 g/mol. The van der Waals surface area contributed by atoms with E-state index in [1.165, 1.54) is 51.4 Å². The van der Waals surface area contributed by atoms with E-state index < -0.39 is 97.9 Å². The molecule has 404 valence electrons. The molecule has 10 N–H and O–H groups in total. The molecule has 1 aliphatic rings. The van der Waals surface area contributed by atoms with Crippen LogP contribution < -0.4 is 5.32 Å². The molecule has 20 nitrogen and oxygen atoms in total. The highest BCUT2D eigenvalue weighted by molar-refractivity contribution is 7.51. The predicted molar refractivity (Wildman–Crippen MR) is 275 cm³/mol. The summed E-state index contributed by atoms with van der Waals surface area (Å²) < 4.78 is 59.7. The van der Waals surface area contributed by atoms with Crippen molar-refractivity contribution >= 4 is 35.1 Å². The van der Waals surface area contributed by atoms with E-state index in [0.717, 1.165) is 32.1 Å². The lowest BCUT2D eigenvalue weighted by atomic mass is 9.79. The van der Waals surface area contributed by atoms with E-state index >= 15 is 0 Å². The van der Waals surface area contributed by atoms with Crippen LogP contribution in [0.5, 0.6) is 0 Å². The van der Waals surface area contributed by atoms with Gasteiger partial charge < -0.3 is 54.4 Å². The Labute approximate surface area is 418 Å². The molecule has 1 aliphatic carbocycles. The molecule has 0 aromatic rings. The first kappa shape index (κ1) is 64.0. The number of aliphatic hydroxyl groups is 4. The van der Waals surface area contributed by atoms with Gasteiger partial charge in [0.1, 0.15) is 37.3 Å². The first-order valence-corrected chi connectivity index (χ1v) is 26.6. The van der Waals surface area contributed by atoms with Crippen molar-refractivity contribution in [2.45, 2.75) is 153 Å². The lowest BCUT2D eigenvalue weighted by molar-refractivity contribution is -0.193. The maximum atomic E-state index is 12.7.